The first kappa shape index (κ1) is 11.4. The van der Waals surface area contributed by atoms with Crippen LogP contribution in [-0.4, -0.2) is 11.7 Å². The number of hydrogen-bond donors (Lipinski definition) is 2. The van der Waals surface area contributed by atoms with E-state index in [9.17, 15) is 5.11 Å². The van der Waals surface area contributed by atoms with Gasteiger partial charge in [0.1, 0.15) is 0 Å². The zero-order valence-electron chi connectivity index (χ0n) is 7.03. The van der Waals surface area contributed by atoms with Gasteiger partial charge in [-0.05, 0) is 12.5 Å². The summed E-state index contributed by atoms with van der Waals surface area (Å²) in [5.41, 5.74) is 5.36. The maximum absolute atomic E-state index is 9.67. The van der Waals surface area contributed by atoms with Crippen LogP contribution in [-0.2, 0) is 5.60 Å². The molecule has 2 nitrogen and oxygen atoms in total. The third kappa shape index (κ3) is 2.48. The van der Waals surface area contributed by atoms with Crippen LogP contribution in [0.4, 0.5) is 0 Å². The van der Waals surface area contributed by atoms with Crippen molar-refractivity contribution in [3.8, 4) is 0 Å². The van der Waals surface area contributed by atoms with Gasteiger partial charge < -0.3 is 10.8 Å². The van der Waals surface area contributed by atoms with Crippen LogP contribution in [0, 0.1) is 0 Å². The monoisotopic (exact) mass is 187 g/mol. The van der Waals surface area contributed by atoms with E-state index in [0.717, 1.165) is 5.56 Å². The molecule has 0 aliphatic heterocycles. The molecule has 1 aromatic rings. The topological polar surface area (TPSA) is 46.2 Å². The van der Waals surface area contributed by atoms with Gasteiger partial charge in [-0.25, -0.2) is 0 Å². The lowest BCUT2D eigenvalue weighted by atomic mass is 9.97. The predicted molar refractivity (Wildman–Crippen MR) is 52.3 cm³/mol. The molecule has 0 aromatic heterocycles. The van der Waals surface area contributed by atoms with Crippen molar-refractivity contribution in [2.75, 3.05) is 6.54 Å². The van der Waals surface area contributed by atoms with E-state index in [0.29, 0.717) is 0 Å². The Labute approximate surface area is 78.8 Å². The van der Waals surface area contributed by atoms with Gasteiger partial charge in [0, 0.05) is 6.54 Å². The predicted octanol–water partition coefficient (Wildman–Crippen LogP) is 1.27. The van der Waals surface area contributed by atoms with E-state index in [2.05, 4.69) is 0 Å². The molecule has 0 spiro atoms. The fourth-order valence-electron chi connectivity index (χ4n) is 0.915. The third-order valence-electron chi connectivity index (χ3n) is 1.79. The van der Waals surface area contributed by atoms with Gasteiger partial charge in [0.15, 0.2) is 0 Å². The van der Waals surface area contributed by atoms with E-state index in [4.69, 9.17) is 5.73 Å². The number of hydrogen-bond acceptors (Lipinski definition) is 2. The van der Waals surface area contributed by atoms with E-state index in [1.165, 1.54) is 0 Å². The summed E-state index contributed by atoms with van der Waals surface area (Å²) in [7, 11) is 0. The van der Waals surface area contributed by atoms with Crippen molar-refractivity contribution in [1.82, 2.24) is 0 Å². The highest BCUT2D eigenvalue weighted by Crippen LogP contribution is 2.17. The first-order valence-corrected chi connectivity index (χ1v) is 3.65. The molecule has 1 unspecified atom stereocenters. The van der Waals surface area contributed by atoms with Crippen LogP contribution in [0.5, 0.6) is 0 Å². The Hall–Kier alpha value is -0.570. The molecule has 0 saturated heterocycles. The molecule has 1 rings (SSSR count). The third-order valence-corrected chi connectivity index (χ3v) is 1.79. The number of nitrogens with two attached hydrogens (primary N) is 1. The molecule has 0 saturated carbocycles. The summed E-state index contributed by atoms with van der Waals surface area (Å²) in [5, 5.41) is 9.67. The second-order valence-electron chi connectivity index (χ2n) is 2.84. The fourth-order valence-corrected chi connectivity index (χ4v) is 0.915. The van der Waals surface area contributed by atoms with Crippen LogP contribution in [0.25, 0.3) is 0 Å². The van der Waals surface area contributed by atoms with Crippen molar-refractivity contribution in [1.29, 1.82) is 0 Å². The first-order valence-electron chi connectivity index (χ1n) is 3.65. The number of rotatable bonds is 2. The van der Waals surface area contributed by atoms with Gasteiger partial charge in [-0.2, -0.15) is 0 Å². The molecule has 0 radical (unpaired) electrons. The van der Waals surface area contributed by atoms with Gasteiger partial charge in [-0.3, -0.25) is 0 Å². The van der Waals surface area contributed by atoms with Gasteiger partial charge in [0.05, 0.1) is 5.60 Å². The largest absolute Gasteiger partial charge is 0.384 e. The molecule has 68 valence electrons. The Kier molecular flexibility index (Phi) is 4.24. The van der Waals surface area contributed by atoms with Crippen molar-refractivity contribution < 1.29 is 5.11 Å². The summed E-state index contributed by atoms with van der Waals surface area (Å²) < 4.78 is 0. The van der Waals surface area contributed by atoms with Crippen LogP contribution >= 0.6 is 12.4 Å². The molecule has 3 N–H and O–H groups in total. The zero-order chi connectivity index (χ0) is 8.32. The Morgan fingerprint density at radius 3 is 2.25 bits per heavy atom. The molecule has 0 aliphatic rings. The smallest absolute Gasteiger partial charge is 0.0990 e. The quantitative estimate of drug-likeness (QED) is 0.733. The van der Waals surface area contributed by atoms with Crippen molar-refractivity contribution in [2.45, 2.75) is 12.5 Å². The molecule has 0 heterocycles. The van der Waals surface area contributed by atoms with Crippen LogP contribution < -0.4 is 5.73 Å². The second kappa shape index (κ2) is 4.45. The number of benzene rings is 1. The summed E-state index contributed by atoms with van der Waals surface area (Å²) >= 11 is 0. The van der Waals surface area contributed by atoms with Crippen LogP contribution in [0.2, 0.25) is 0 Å². The molecular formula is C9H14ClNO. The average Bonchev–Trinajstić information content (AvgIpc) is 2.06. The lowest BCUT2D eigenvalue weighted by Crippen LogP contribution is -2.31. The second-order valence-corrected chi connectivity index (χ2v) is 2.84. The van der Waals surface area contributed by atoms with E-state index >= 15 is 0 Å². The molecule has 0 amide bonds. The summed E-state index contributed by atoms with van der Waals surface area (Å²) in [6.45, 7) is 1.96. The SMILES string of the molecule is CC(O)(CN)c1ccccc1.Cl. The standard InChI is InChI=1S/C9H13NO.ClH/c1-9(11,7-10)8-5-3-2-4-6-8;/h2-6,11H,7,10H2,1H3;1H. The zero-order valence-corrected chi connectivity index (χ0v) is 7.84. The Bertz CT molecular complexity index is 223. The fraction of sp³-hybridized carbons (Fsp3) is 0.333. The minimum atomic E-state index is -0.888. The highest BCUT2D eigenvalue weighted by molar-refractivity contribution is 5.85. The van der Waals surface area contributed by atoms with Gasteiger partial charge in [0.2, 0.25) is 0 Å². The summed E-state index contributed by atoms with van der Waals surface area (Å²) in [6, 6.07) is 9.43. The average molecular weight is 188 g/mol. The first-order chi connectivity index (χ1) is 5.17. The van der Waals surface area contributed by atoms with Crippen LogP contribution in [0.1, 0.15) is 12.5 Å². The Morgan fingerprint density at radius 1 is 1.33 bits per heavy atom. The lowest BCUT2D eigenvalue weighted by Gasteiger charge is -2.20. The molecule has 1 aromatic carbocycles. The van der Waals surface area contributed by atoms with Crippen molar-refractivity contribution in [3.63, 3.8) is 0 Å². The maximum atomic E-state index is 9.67. The molecule has 0 bridgehead atoms. The number of halogens is 1. The lowest BCUT2D eigenvalue weighted by molar-refractivity contribution is 0.0668. The molecule has 0 aliphatic carbocycles. The minimum Gasteiger partial charge on any atom is -0.384 e. The van der Waals surface area contributed by atoms with E-state index in [1.807, 2.05) is 30.3 Å². The van der Waals surface area contributed by atoms with E-state index in [1.54, 1.807) is 6.92 Å². The molecule has 3 heteroatoms. The Morgan fingerprint density at radius 2 is 1.83 bits per heavy atom. The van der Waals surface area contributed by atoms with Gasteiger partial charge in [0.25, 0.3) is 0 Å². The summed E-state index contributed by atoms with van der Waals surface area (Å²) in [6.07, 6.45) is 0. The number of aliphatic hydroxyl groups is 1. The van der Waals surface area contributed by atoms with E-state index < -0.39 is 5.60 Å². The van der Waals surface area contributed by atoms with Crippen LogP contribution in [0.3, 0.4) is 0 Å². The van der Waals surface area contributed by atoms with Gasteiger partial charge in [-0.1, -0.05) is 30.3 Å². The Balaban J connectivity index is 0.00000121. The van der Waals surface area contributed by atoms with Crippen LogP contribution in [0.15, 0.2) is 30.3 Å². The van der Waals surface area contributed by atoms with Crippen molar-refractivity contribution in [3.05, 3.63) is 35.9 Å². The summed E-state index contributed by atoms with van der Waals surface area (Å²) in [4.78, 5) is 0. The normalized spacial score (nSPS) is 14.6. The molecule has 0 fully saturated rings. The highest BCUT2D eigenvalue weighted by atomic mass is 35.5. The minimum absolute atomic E-state index is 0. The van der Waals surface area contributed by atoms with Gasteiger partial charge in [-0.15, -0.1) is 12.4 Å². The molecular weight excluding hydrogens is 174 g/mol. The maximum Gasteiger partial charge on any atom is 0.0990 e. The van der Waals surface area contributed by atoms with Crippen molar-refractivity contribution in [2.24, 2.45) is 5.73 Å². The van der Waals surface area contributed by atoms with Crippen molar-refractivity contribution >= 4 is 12.4 Å². The molecule has 12 heavy (non-hydrogen) atoms. The summed E-state index contributed by atoms with van der Waals surface area (Å²) in [5.74, 6) is 0. The molecule has 1 atom stereocenters. The highest BCUT2D eigenvalue weighted by Gasteiger charge is 2.19. The van der Waals surface area contributed by atoms with E-state index in [-0.39, 0.29) is 19.0 Å². The van der Waals surface area contributed by atoms with Gasteiger partial charge >= 0.3 is 0 Å².